The molecule has 3 aliphatic rings. The van der Waals surface area contributed by atoms with Crippen LogP contribution in [-0.4, -0.2) is 168 Å². The molecule has 3 rings (SSSR count). The van der Waals surface area contributed by atoms with Gasteiger partial charge in [0, 0.05) is 0 Å². The van der Waals surface area contributed by atoms with Gasteiger partial charge in [0.2, 0.25) is 0 Å². The number of hydrogen-bond acceptors (Lipinski definition) is 16. The van der Waals surface area contributed by atoms with E-state index in [2.05, 4.69) is 0 Å². The highest BCUT2D eigenvalue weighted by atomic mass is 16.7. The molecule has 11 N–H and O–H groups in total. The van der Waals surface area contributed by atoms with Crippen LogP contribution in [0, 0.1) is 0 Å². The Morgan fingerprint density at radius 2 is 0.824 bits per heavy atom. The molecular formula is C18H32O16. The molecule has 0 saturated carbocycles. The topological polar surface area (TPSA) is 269 Å². The van der Waals surface area contributed by atoms with Crippen molar-refractivity contribution in [1.29, 1.82) is 0 Å². The molecule has 0 amide bonds. The Hall–Kier alpha value is -0.640. The van der Waals surface area contributed by atoms with E-state index in [0.29, 0.717) is 0 Å². The number of aliphatic hydroxyl groups excluding tert-OH is 11. The average molecular weight is 504 g/mol. The van der Waals surface area contributed by atoms with Crippen LogP contribution in [0.4, 0.5) is 0 Å². The Morgan fingerprint density at radius 1 is 0.441 bits per heavy atom. The predicted molar refractivity (Wildman–Crippen MR) is 101 cm³/mol. The highest BCUT2D eigenvalue weighted by molar-refractivity contribution is 4.92. The lowest BCUT2D eigenvalue weighted by atomic mass is 9.98. The van der Waals surface area contributed by atoms with Gasteiger partial charge in [-0.2, -0.15) is 0 Å². The lowest BCUT2D eigenvalue weighted by molar-refractivity contribution is -0.340. The molecule has 34 heavy (non-hydrogen) atoms. The molecule has 3 fully saturated rings. The van der Waals surface area contributed by atoms with Crippen LogP contribution >= 0.6 is 0 Å². The maximum atomic E-state index is 10.2. The summed E-state index contributed by atoms with van der Waals surface area (Å²) < 4.78 is 26.1. The van der Waals surface area contributed by atoms with Crippen LogP contribution in [0.5, 0.6) is 0 Å². The second kappa shape index (κ2) is 11.6. The normalized spacial score (nSPS) is 52.5. The zero-order valence-electron chi connectivity index (χ0n) is 17.7. The predicted octanol–water partition coefficient (Wildman–Crippen LogP) is -7.57. The van der Waals surface area contributed by atoms with Crippen molar-refractivity contribution >= 4 is 0 Å². The van der Waals surface area contributed by atoms with Crippen molar-refractivity contribution in [2.45, 2.75) is 92.1 Å². The van der Waals surface area contributed by atoms with Gasteiger partial charge < -0.3 is 79.9 Å². The quantitative estimate of drug-likeness (QED) is 0.154. The van der Waals surface area contributed by atoms with Crippen LogP contribution in [0.15, 0.2) is 0 Å². The van der Waals surface area contributed by atoms with Gasteiger partial charge in [-0.3, -0.25) is 0 Å². The average Bonchev–Trinajstić information content (AvgIpc) is 2.82. The fourth-order valence-electron chi connectivity index (χ4n) is 3.84. The van der Waals surface area contributed by atoms with Crippen molar-refractivity contribution in [2.24, 2.45) is 0 Å². The first-order valence-electron chi connectivity index (χ1n) is 10.6. The van der Waals surface area contributed by atoms with Crippen LogP contribution in [0.3, 0.4) is 0 Å². The molecule has 3 aliphatic heterocycles. The highest BCUT2D eigenvalue weighted by Gasteiger charge is 2.48. The first-order chi connectivity index (χ1) is 16.0. The Morgan fingerprint density at radius 3 is 1.29 bits per heavy atom. The van der Waals surface area contributed by atoms with Gasteiger partial charge in [0.05, 0.1) is 19.8 Å². The van der Waals surface area contributed by atoms with Crippen LogP contribution in [0.25, 0.3) is 0 Å². The van der Waals surface area contributed by atoms with Crippen LogP contribution in [0.2, 0.25) is 0 Å². The second-order valence-electron chi connectivity index (χ2n) is 8.42. The smallest absolute Gasteiger partial charge is 0.186 e. The van der Waals surface area contributed by atoms with E-state index in [1.165, 1.54) is 0 Å². The fourth-order valence-corrected chi connectivity index (χ4v) is 3.84. The van der Waals surface area contributed by atoms with Crippen molar-refractivity contribution < 1.29 is 79.9 Å². The molecule has 16 heteroatoms. The maximum absolute atomic E-state index is 10.2. The van der Waals surface area contributed by atoms with Gasteiger partial charge in [0.1, 0.15) is 73.2 Å². The molecule has 0 aliphatic carbocycles. The van der Waals surface area contributed by atoms with Crippen LogP contribution in [0.1, 0.15) is 0 Å². The summed E-state index contributed by atoms with van der Waals surface area (Å²) in [6.45, 7) is -1.84. The molecule has 0 aromatic heterocycles. The standard InChI is InChI=1S/C18H32O16/c19-1-4-7(20)11(24)14(27)17(33-4)31-3-6-9(22)12(25)15(28)18(34-6)30-2-5-8(21)10(23)13(26)16(29)32-5/h4-29H,1-3H2/t4-,5-,6-,7-,8-,9-,10+,11+,12+,13-,14-,15-,16?,17?,18+/m1/s1. The molecular weight excluding hydrogens is 472 g/mol. The van der Waals surface area contributed by atoms with E-state index in [1.54, 1.807) is 0 Å². The molecule has 3 saturated heterocycles. The molecule has 0 spiro atoms. The van der Waals surface area contributed by atoms with E-state index in [0.717, 1.165) is 0 Å². The molecule has 15 atom stereocenters. The lowest BCUT2D eigenvalue weighted by Gasteiger charge is -2.43. The number of ether oxygens (including phenoxy) is 5. The van der Waals surface area contributed by atoms with E-state index in [4.69, 9.17) is 23.7 Å². The van der Waals surface area contributed by atoms with Gasteiger partial charge >= 0.3 is 0 Å². The van der Waals surface area contributed by atoms with Crippen molar-refractivity contribution in [3.05, 3.63) is 0 Å². The number of hydrogen-bond donors (Lipinski definition) is 11. The van der Waals surface area contributed by atoms with Gasteiger partial charge in [-0.15, -0.1) is 0 Å². The van der Waals surface area contributed by atoms with Crippen LogP contribution < -0.4 is 0 Å². The molecule has 0 bridgehead atoms. The van der Waals surface area contributed by atoms with E-state index < -0.39 is 112 Å². The third-order valence-electron chi connectivity index (χ3n) is 6.05. The molecule has 0 aromatic rings. The second-order valence-corrected chi connectivity index (χ2v) is 8.42. The Balaban J connectivity index is 1.58. The van der Waals surface area contributed by atoms with Crippen molar-refractivity contribution in [3.63, 3.8) is 0 Å². The van der Waals surface area contributed by atoms with Gasteiger partial charge in [-0.25, -0.2) is 0 Å². The summed E-state index contributed by atoms with van der Waals surface area (Å²) in [6, 6.07) is 0. The maximum Gasteiger partial charge on any atom is 0.186 e. The molecule has 0 radical (unpaired) electrons. The van der Waals surface area contributed by atoms with Crippen molar-refractivity contribution in [3.8, 4) is 0 Å². The van der Waals surface area contributed by atoms with Gasteiger partial charge in [-0.1, -0.05) is 0 Å². The van der Waals surface area contributed by atoms with E-state index in [9.17, 15) is 56.2 Å². The Kier molecular flexibility index (Phi) is 9.54. The van der Waals surface area contributed by atoms with E-state index in [1.807, 2.05) is 0 Å². The van der Waals surface area contributed by atoms with E-state index >= 15 is 0 Å². The summed E-state index contributed by atoms with van der Waals surface area (Å²) in [5, 5.41) is 108. The summed E-state index contributed by atoms with van der Waals surface area (Å²) in [5.74, 6) is 0. The lowest BCUT2D eigenvalue weighted by Crippen LogP contribution is -2.62. The van der Waals surface area contributed by atoms with E-state index in [-0.39, 0.29) is 0 Å². The molecule has 3 heterocycles. The number of aliphatic hydroxyl groups is 11. The minimum Gasteiger partial charge on any atom is -0.394 e. The molecule has 0 aromatic carbocycles. The van der Waals surface area contributed by atoms with Crippen LogP contribution in [-0.2, 0) is 23.7 Å². The van der Waals surface area contributed by atoms with Gasteiger partial charge in [0.15, 0.2) is 18.9 Å². The Bertz CT molecular complexity index is 639. The van der Waals surface area contributed by atoms with Crippen molar-refractivity contribution in [1.82, 2.24) is 0 Å². The highest BCUT2D eigenvalue weighted by Crippen LogP contribution is 2.27. The van der Waals surface area contributed by atoms with Gasteiger partial charge in [0.25, 0.3) is 0 Å². The summed E-state index contributed by atoms with van der Waals surface area (Å²) in [7, 11) is 0. The van der Waals surface area contributed by atoms with Gasteiger partial charge in [-0.05, 0) is 0 Å². The largest absolute Gasteiger partial charge is 0.394 e. The molecule has 200 valence electrons. The summed E-state index contributed by atoms with van der Waals surface area (Å²) >= 11 is 0. The fraction of sp³-hybridized carbons (Fsp3) is 1.00. The third kappa shape index (κ3) is 5.68. The molecule has 16 nitrogen and oxygen atoms in total. The summed E-state index contributed by atoms with van der Waals surface area (Å²) in [6.07, 6.45) is -24.4. The first kappa shape index (κ1) is 27.9. The Labute approximate surface area is 192 Å². The zero-order valence-corrected chi connectivity index (χ0v) is 17.7. The summed E-state index contributed by atoms with van der Waals surface area (Å²) in [4.78, 5) is 0. The van der Waals surface area contributed by atoms with Crippen molar-refractivity contribution in [2.75, 3.05) is 19.8 Å². The SMILES string of the molecule is OC[C@H]1OC(OC[C@H]2O[C@H](OC[C@H]3OC(O)[C@H](O)[C@@H](O)[C@@H]3O)[C@H](O)[C@@H](O)[C@@H]2O)[C@H](O)[C@@H](O)[C@@H]1O. The summed E-state index contributed by atoms with van der Waals surface area (Å²) in [5.41, 5.74) is 0. The minimum atomic E-state index is -1.82. The zero-order chi connectivity index (χ0) is 25.3. The number of rotatable bonds is 7. The monoisotopic (exact) mass is 504 g/mol. The first-order valence-corrected chi connectivity index (χ1v) is 10.6. The molecule has 2 unspecified atom stereocenters. The third-order valence-corrected chi connectivity index (χ3v) is 6.05. The minimum absolute atomic E-state index is 0.570.